The number of hydrogen-bond acceptors (Lipinski definition) is 5. The first-order valence-corrected chi connectivity index (χ1v) is 12.2. The number of amides is 2. The third-order valence-electron chi connectivity index (χ3n) is 7.03. The predicted octanol–water partition coefficient (Wildman–Crippen LogP) is 3.73. The molecule has 1 fully saturated rings. The van der Waals surface area contributed by atoms with Crippen molar-refractivity contribution in [3.63, 3.8) is 0 Å². The molecular formula is C26H36ClN3O4. The van der Waals surface area contributed by atoms with E-state index in [9.17, 15) is 24.8 Å². The molecule has 34 heavy (non-hydrogen) atoms. The molecule has 3 N–H and O–H groups in total. The van der Waals surface area contributed by atoms with Gasteiger partial charge in [-0.3, -0.25) is 14.4 Å². The van der Waals surface area contributed by atoms with Crippen LogP contribution in [0.1, 0.15) is 65.9 Å². The number of benzene rings is 1. The summed E-state index contributed by atoms with van der Waals surface area (Å²) in [6, 6.07) is 7.96. The van der Waals surface area contributed by atoms with Crippen LogP contribution >= 0.6 is 11.6 Å². The molecule has 1 heterocycles. The van der Waals surface area contributed by atoms with Crippen LogP contribution in [0.25, 0.3) is 0 Å². The van der Waals surface area contributed by atoms with Crippen molar-refractivity contribution in [3.05, 3.63) is 34.9 Å². The van der Waals surface area contributed by atoms with E-state index in [1.807, 2.05) is 13.8 Å². The molecule has 2 rings (SSSR count). The van der Waals surface area contributed by atoms with Gasteiger partial charge in [-0.25, -0.2) is 0 Å². The highest BCUT2D eigenvalue weighted by molar-refractivity contribution is 6.30. The first kappa shape index (κ1) is 27.8. The van der Waals surface area contributed by atoms with Crippen LogP contribution in [-0.4, -0.2) is 35.3 Å². The minimum atomic E-state index is -1.49. The molecule has 1 saturated heterocycles. The highest BCUT2D eigenvalue weighted by Gasteiger charge is 2.47. The standard InChI is InChI=1S/C26H36ClN3O4/c1-16(2)12-18(24(33)30-21(15-28)13-17-10-11-29-23(17)32)14-22(31)25(3,4)26(5,34)19-6-8-20(27)9-7-19/h6-9,16-18,21,34H,10-14H2,1-5H3,(H,29,32)(H,30,33)/t17-,18+,21-,26+/m0/s1. The third-order valence-corrected chi connectivity index (χ3v) is 7.29. The molecule has 1 aliphatic rings. The fraction of sp³-hybridized carbons (Fsp3) is 0.615. The van der Waals surface area contributed by atoms with Crippen LogP contribution in [0, 0.1) is 34.5 Å². The molecule has 0 unspecified atom stereocenters. The monoisotopic (exact) mass is 489 g/mol. The fourth-order valence-corrected chi connectivity index (χ4v) is 4.45. The number of rotatable bonds is 11. The lowest BCUT2D eigenvalue weighted by molar-refractivity contribution is -0.146. The number of aliphatic hydroxyl groups is 1. The Morgan fingerprint density at radius 3 is 2.38 bits per heavy atom. The molecule has 0 radical (unpaired) electrons. The van der Waals surface area contributed by atoms with E-state index in [0.29, 0.717) is 30.0 Å². The normalized spacial score (nSPS) is 19.6. The van der Waals surface area contributed by atoms with Crippen molar-refractivity contribution in [1.29, 1.82) is 5.26 Å². The lowest BCUT2D eigenvalue weighted by Crippen LogP contribution is -2.47. The van der Waals surface area contributed by atoms with Gasteiger partial charge in [-0.05, 0) is 63.6 Å². The molecule has 1 aliphatic heterocycles. The molecule has 1 aromatic carbocycles. The average Bonchev–Trinajstić information content (AvgIpc) is 3.16. The van der Waals surface area contributed by atoms with Crippen LogP contribution in [-0.2, 0) is 20.0 Å². The van der Waals surface area contributed by atoms with Gasteiger partial charge in [0.05, 0.1) is 17.1 Å². The third kappa shape index (κ3) is 6.58. The number of carbonyl (C=O) groups excluding carboxylic acids is 3. The van der Waals surface area contributed by atoms with Crippen molar-refractivity contribution < 1.29 is 19.5 Å². The van der Waals surface area contributed by atoms with Gasteiger partial charge in [0.2, 0.25) is 11.8 Å². The number of carbonyl (C=O) groups is 3. The van der Waals surface area contributed by atoms with E-state index in [0.717, 1.165) is 0 Å². The molecule has 0 aromatic heterocycles. The molecule has 186 valence electrons. The van der Waals surface area contributed by atoms with Gasteiger partial charge < -0.3 is 15.7 Å². The van der Waals surface area contributed by atoms with E-state index in [-0.39, 0.29) is 42.3 Å². The summed E-state index contributed by atoms with van der Waals surface area (Å²) in [6.07, 6.45) is 1.27. The molecule has 7 nitrogen and oxygen atoms in total. The second kappa shape index (κ2) is 11.3. The van der Waals surface area contributed by atoms with Gasteiger partial charge in [0, 0.05) is 29.8 Å². The van der Waals surface area contributed by atoms with Crippen LogP contribution < -0.4 is 10.6 Å². The average molecular weight is 490 g/mol. The number of nitriles is 1. The maximum atomic E-state index is 13.4. The molecule has 0 bridgehead atoms. The number of nitrogens with one attached hydrogen (secondary N) is 2. The van der Waals surface area contributed by atoms with Crippen molar-refractivity contribution in [2.45, 2.75) is 71.9 Å². The summed E-state index contributed by atoms with van der Waals surface area (Å²) >= 11 is 5.97. The van der Waals surface area contributed by atoms with Crippen LogP contribution in [0.4, 0.5) is 0 Å². The van der Waals surface area contributed by atoms with Gasteiger partial charge in [0.25, 0.3) is 0 Å². The molecule has 8 heteroatoms. The van der Waals surface area contributed by atoms with E-state index in [1.165, 1.54) is 0 Å². The number of Topliss-reactive ketones (excluding diaryl/α,β-unsaturated/α-hetero) is 1. The van der Waals surface area contributed by atoms with Crippen LogP contribution in [0.15, 0.2) is 24.3 Å². The van der Waals surface area contributed by atoms with E-state index < -0.39 is 23.0 Å². The molecule has 0 saturated carbocycles. The highest BCUT2D eigenvalue weighted by Crippen LogP contribution is 2.42. The van der Waals surface area contributed by atoms with E-state index in [1.54, 1.807) is 45.0 Å². The lowest BCUT2D eigenvalue weighted by Gasteiger charge is -2.40. The zero-order valence-electron chi connectivity index (χ0n) is 20.7. The fourth-order valence-electron chi connectivity index (χ4n) is 4.33. The Bertz CT molecular complexity index is 934. The largest absolute Gasteiger partial charge is 0.384 e. The zero-order valence-corrected chi connectivity index (χ0v) is 21.4. The van der Waals surface area contributed by atoms with Crippen molar-refractivity contribution in [2.75, 3.05) is 6.54 Å². The Balaban J connectivity index is 2.16. The van der Waals surface area contributed by atoms with E-state index in [2.05, 4.69) is 16.7 Å². The minimum absolute atomic E-state index is 0.0667. The summed E-state index contributed by atoms with van der Waals surface area (Å²) in [5, 5.41) is 26.9. The number of hydrogen-bond donors (Lipinski definition) is 3. The highest BCUT2D eigenvalue weighted by atomic mass is 35.5. The first-order chi connectivity index (χ1) is 15.8. The summed E-state index contributed by atoms with van der Waals surface area (Å²) in [7, 11) is 0. The second-order valence-electron chi connectivity index (χ2n) is 10.4. The topological polar surface area (TPSA) is 119 Å². The van der Waals surface area contributed by atoms with Crippen LogP contribution in [0.5, 0.6) is 0 Å². The number of nitrogens with zero attached hydrogens (tertiary/aromatic N) is 1. The Labute approximate surface area is 207 Å². The summed E-state index contributed by atoms with van der Waals surface area (Å²) in [5.74, 6) is -1.55. The van der Waals surface area contributed by atoms with Crippen molar-refractivity contribution >= 4 is 29.2 Å². The number of ketones is 1. The number of halogens is 1. The maximum absolute atomic E-state index is 13.4. The minimum Gasteiger partial charge on any atom is -0.384 e. The quantitative estimate of drug-likeness (QED) is 0.437. The zero-order chi connectivity index (χ0) is 25.7. The molecule has 1 aromatic rings. The Kier molecular flexibility index (Phi) is 9.27. The summed E-state index contributed by atoms with van der Waals surface area (Å²) < 4.78 is 0. The van der Waals surface area contributed by atoms with Crippen molar-refractivity contribution in [2.24, 2.45) is 23.2 Å². The Hall–Kier alpha value is -2.43. The summed E-state index contributed by atoms with van der Waals surface area (Å²) in [4.78, 5) is 38.4. The molecule has 4 atom stereocenters. The predicted molar refractivity (Wildman–Crippen MR) is 131 cm³/mol. The van der Waals surface area contributed by atoms with Crippen molar-refractivity contribution in [1.82, 2.24) is 10.6 Å². The van der Waals surface area contributed by atoms with Gasteiger partial charge in [0.1, 0.15) is 11.8 Å². The molecule has 0 aliphatic carbocycles. The smallest absolute Gasteiger partial charge is 0.224 e. The van der Waals surface area contributed by atoms with Crippen LogP contribution in [0.3, 0.4) is 0 Å². The van der Waals surface area contributed by atoms with Gasteiger partial charge in [-0.1, -0.05) is 37.6 Å². The molecule has 2 amide bonds. The van der Waals surface area contributed by atoms with Gasteiger partial charge in [-0.15, -0.1) is 0 Å². The van der Waals surface area contributed by atoms with E-state index in [4.69, 9.17) is 11.6 Å². The molecule has 0 spiro atoms. The SMILES string of the molecule is CC(C)C[C@H](CC(=O)C(C)(C)[C@](C)(O)c1ccc(Cl)cc1)C(=O)N[C@H](C#N)C[C@@H]1CCNC1=O. The van der Waals surface area contributed by atoms with Gasteiger partial charge in [-0.2, -0.15) is 5.26 Å². The van der Waals surface area contributed by atoms with Gasteiger partial charge >= 0.3 is 0 Å². The van der Waals surface area contributed by atoms with E-state index >= 15 is 0 Å². The Morgan fingerprint density at radius 2 is 1.88 bits per heavy atom. The Morgan fingerprint density at radius 1 is 1.26 bits per heavy atom. The van der Waals surface area contributed by atoms with Crippen LogP contribution in [0.2, 0.25) is 5.02 Å². The second-order valence-corrected chi connectivity index (χ2v) is 10.8. The molecular weight excluding hydrogens is 454 g/mol. The van der Waals surface area contributed by atoms with Gasteiger partial charge in [0.15, 0.2) is 0 Å². The lowest BCUT2D eigenvalue weighted by atomic mass is 9.67. The maximum Gasteiger partial charge on any atom is 0.224 e. The first-order valence-electron chi connectivity index (χ1n) is 11.8. The summed E-state index contributed by atoms with van der Waals surface area (Å²) in [5.41, 5.74) is -2.12. The van der Waals surface area contributed by atoms with Crippen molar-refractivity contribution in [3.8, 4) is 6.07 Å². The summed E-state index contributed by atoms with van der Waals surface area (Å²) in [6.45, 7) is 9.43.